The van der Waals surface area contributed by atoms with E-state index < -0.39 is 0 Å². The molecule has 13 heavy (non-hydrogen) atoms. The lowest BCUT2D eigenvalue weighted by molar-refractivity contribution is -0.127. The highest BCUT2D eigenvalue weighted by molar-refractivity contribution is 5.79. The highest BCUT2D eigenvalue weighted by atomic mass is 16.2. The van der Waals surface area contributed by atoms with Gasteiger partial charge in [0.2, 0.25) is 5.91 Å². The van der Waals surface area contributed by atoms with Gasteiger partial charge in [-0.2, -0.15) is 5.10 Å². The quantitative estimate of drug-likeness (QED) is 0.672. The van der Waals surface area contributed by atoms with Gasteiger partial charge in [-0.25, -0.2) is 0 Å². The number of aromatic nitrogens is 2. The van der Waals surface area contributed by atoms with E-state index in [-0.39, 0.29) is 5.91 Å². The second-order valence-corrected chi connectivity index (χ2v) is 3.18. The van der Waals surface area contributed by atoms with Crippen molar-refractivity contribution in [3.63, 3.8) is 0 Å². The third-order valence-corrected chi connectivity index (χ3v) is 1.93. The van der Waals surface area contributed by atoms with Crippen molar-refractivity contribution in [2.24, 2.45) is 0 Å². The molecule has 3 N–H and O–H groups in total. The van der Waals surface area contributed by atoms with Gasteiger partial charge in [-0.1, -0.05) is 0 Å². The molecule has 0 aliphatic rings. The molecule has 1 aromatic heterocycles. The van der Waals surface area contributed by atoms with E-state index in [1.54, 1.807) is 14.1 Å². The maximum Gasteiger partial charge on any atom is 0.226 e. The first-order valence-corrected chi connectivity index (χ1v) is 4.02. The predicted molar refractivity (Wildman–Crippen MR) is 50.1 cm³/mol. The molecule has 0 fully saturated rings. The van der Waals surface area contributed by atoms with E-state index in [1.807, 2.05) is 6.92 Å². The van der Waals surface area contributed by atoms with Crippen LogP contribution >= 0.6 is 0 Å². The van der Waals surface area contributed by atoms with Crippen molar-refractivity contribution in [3.05, 3.63) is 11.3 Å². The van der Waals surface area contributed by atoms with Crippen molar-refractivity contribution in [1.82, 2.24) is 15.1 Å². The number of amides is 1. The van der Waals surface area contributed by atoms with Crippen molar-refractivity contribution in [3.8, 4) is 0 Å². The lowest BCUT2D eigenvalue weighted by atomic mass is 10.1. The minimum absolute atomic E-state index is 0.0243. The Hall–Kier alpha value is -1.52. The van der Waals surface area contributed by atoms with Gasteiger partial charge in [0.05, 0.1) is 6.42 Å². The second kappa shape index (κ2) is 3.47. The number of H-pyrrole nitrogens is 1. The molecule has 0 radical (unpaired) electrons. The standard InChI is InChI=1S/C8H14N4O/c1-5-6(8(9)11-10-5)4-7(13)12(2)3/h4H2,1-3H3,(H3,9,10,11). The molecule has 0 atom stereocenters. The number of carbonyl (C=O) groups excluding carboxylic acids is 1. The summed E-state index contributed by atoms with van der Waals surface area (Å²) in [7, 11) is 3.43. The highest BCUT2D eigenvalue weighted by Gasteiger charge is 2.12. The van der Waals surface area contributed by atoms with Crippen molar-refractivity contribution in [1.29, 1.82) is 0 Å². The molecule has 0 unspecified atom stereocenters. The molecule has 0 aliphatic carbocycles. The lowest BCUT2D eigenvalue weighted by Crippen LogP contribution is -2.23. The van der Waals surface area contributed by atoms with Gasteiger partial charge >= 0.3 is 0 Å². The average Bonchev–Trinajstić information content (AvgIpc) is 2.35. The van der Waals surface area contributed by atoms with Crippen LogP contribution in [0.25, 0.3) is 0 Å². The second-order valence-electron chi connectivity index (χ2n) is 3.18. The summed E-state index contributed by atoms with van der Waals surface area (Å²) in [5, 5.41) is 6.55. The minimum atomic E-state index is 0.0243. The summed E-state index contributed by atoms with van der Waals surface area (Å²) in [6.45, 7) is 1.85. The molecule has 5 heteroatoms. The maximum absolute atomic E-state index is 11.3. The predicted octanol–water partition coefficient (Wildman–Crippen LogP) is -0.0690. The van der Waals surface area contributed by atoms with Crippen molar-refractivity contribution >= 4 is 11.7 Å². The number of anilines is 1. The molecule has 1 amide bonds. The first-order chi connectivity index (χ1) is 6.02. The molecule has 5 nitrogen and oxygen atoms in total. The van der Waals surface area contributed by atoms with Crippen LogP contribution in [0, 0.1) is 6.92 Å². The fourth-order valence-corrected chi connectivity index (χ4v) is 1.00. The summed E-state index contributed by atoms with van der Waals surface area (Å²) < 4.78 is 0. The van der Waals surface area contributed by atoms with Crippen LogP contribution in [0.4, 0.5) is 5.82 Å². The zero-order chi connectivity index (χ0) is 10.0. The zero-order valence-electron chi connectivity index (χ0n) is 8.09. The molecular weight excluding hydrogens is 168 g/mol. The molecule has 0 saturated carbocycles. The number of nitrogen functional groups attached to an aromatic ring is 1. The van der Waals surface area contributed by atoms with Gasteiger partial charge in [0, 0.05) is 25.4 Å². The minimum Gasteiger partial charge on any atom is -0.382 e. The Labute approximate surface area is 76.9 Å². The van der Waals surface area contributed by atoms with Crippen LogP contribution in [0.2, 0.25) is 0 Å². The van der Waals surface area contributed by atoms with Gasteiger partial charge in [0.25, 0.3) is 0 Å². The lowest BCUT2D eigenvalue weighted by Gasteiger charge is -2.09. The summed E-state index contributed by atoms with van der Waals surface area (Å²) in [6, 6.07) is 0. The number of nitrogens with two attached hydrogens (primary N) is 1. The molecule has 0 aromatic carbocycles. The molecular formula is C8H14N4O. The van der Waals surface area contributed by atoms with E-state index in [0.717, 1.165) is 11.3 Å². The van der Waals surface area contributed by atoms with Crippen molar-refractivity contribution in [2.45, 2.75) is 13.3 Å². The monoisotopic (exact) mass is 182 g/mol. The third-order valence-electron chi connectivity index (χ3n) is 1.93. The Morgan fingerprint density at radius 1 is 1.62 bits per heavy atom. The fraction of sp³-hybridized carbons (Fsp3) is 0.500. The van der Waals surface area contributed by atoms with Gasteiger partial charge in [0.1, 0.15) is 5.82 Å². The van der Waals surface area contributed by atoms with Crippen LogP contribution < -0.4 is 5.73 Å². The number of nitrogens with one attached hydrogen (secondary N) is 1. The Balaban J connectivity index is 2.79. The van der Waals surface area contributed by atoms with Gasteiger partial charge in [-0.15, -0.1) is 0 Å². The Morgan fingerprint density at radius 3 is 2.62 bits per heavy atom. The molecule has 1 rings (SSSR count). The number of rotatable bonds is 2. The summed E-state index contributed by atoms with van der Waals surface area (Å²) in [4.78, 5) is 12.9. The number of aryl methyl sites for hydroxylation is 1. The maximum atomic E-state index is 11.3. The Kier molecular flexibility index (Phi) is 2.55. The topological polar surface area (TPSA) is 75.0 Å². The molecule has 1 aromatic rings. The summed E-state index contributed by atoms with van der Waals surface area (Å²) in [5.41, 5.74) is 7.22. The highest BCUT2D eigenvalue weighted by Crippen LogP contribution is 2.13. The van der Waals surface area contributed by atoms with E-state index in [4.69, 9.17) is 5.73 Å². The largest absolute Gasteiger partial charge is 0.382 e. The van der Waals surface area contributed by atoms with Crippen LogP contribution in [-0.2, 0) is 11.2 Å². The number of hydrogen-bond acceptors (Lipinski definition) is 3. The molecule has 0 bridgehead atoms. The van der Waals surface area contributed by atoms with Gasteiger partial charge < -0.3 is 10.6 Å². The van der Waals surface area contributed by atoms with Gasteiger partial charge in [-0.3, -0.25) is 9.89 Å². The smallest absolute Gasteiger partial charge is 0.226 e. The van der Waals surface area contributed by atoms with E-state index in [9.17, 15) is 4.79 Å². The summed E-state index contributed by atoms with van der Waals surface area (Å²) in [6.07, 6.45) is 0.307. The van der Waals surface area contributed by atoms with E-state index in [2.05, 4.69) is 10.2 Å². The SMILES string of the molecule is Cc1[nH]nc(N)c1CC(=O)N(C)C. The van der Waals surface area contributed by atoms with E-state index in [0.29, 0.717) is 12.2 Å². The summed E-state index contributed by atoms with van der Waals surface area (Å²) >= 11 is 0. The average molecular weight is 182 g/mol. The van der Waals surface area contributed by atoms with Crippen molar-refractivity contribution in [2.75, 3.05) is 19.8 Å². The number of hydrogen-bond donors (Lipinski definition) is 2. The number of nitrogens with zero attached hydrogens (tertiary/aromatic N) is 2. The van der Waals surface area contributed by atoms with Crippen LogP contribution in [0.5, 0.6) is 0 Å². The van der Waals surface area contributed by atoms with Crippen LogP contribution in [0.3, 0.4) is 0 Å². The third kappa shape index (κ3) is 1.99. The number of likely N-dealkylation sites (N-methyl/N-ethyl adjacent to an activating group) is 1. The summed E-state index contributed by atoms with van der Waals surface area (Å²) in [5.74, 6) is 0.434. The van der Waals surface area contributed by atoms with Gasteiger partial charge in [0.15, 0.2) is 0 Å². The number of aromatic amines is 1. The molecule has 1 heterocycles. The van der Waals surface area contributed by atoms with Gasteiger partial charge in [-0.05, 0) is 6.92 Å². The Bertz CT molecular complexity index is 296. The molecule has 0 spiro atoms. The van der Waals surface area contributed by atoms with Crippen LogP contribution in [-0.4, -0.2) is 35.1 Å². The molecule has 0 saturated heterocycles. The van der Waals surface area contributed by atoms with E-state index in [1.165, 1.54) is 4.90 Å². The van der Waals surface area contributed by atoms with Crippen LogP contribution in [0.1, 0.15) is 11.3 Å². The fourth-order valence-electron chi connectivity index (χ4n) is 1.00. The first-order valence-electron chi connectivity index (χ1n) is 4.02. The van der Waals surface area contributed by atoms with Crippen molar-refractivity contribution < 1.29 is 4.79 Å². The molecule has 0 aliphatic heterocycles. The number of carbonyl (C=O) groups is 1. The normalized spacial score (nSPS) is 10.1. The first kappa shape index (κ1) is 9.57. The van der Waals surface area contributed by atoms with Crippen LogP contribution in [0.15, 0.2) is 0 Å². The van der Waals surface area contributed by atoms with E-state index >= 15 is 0 Å². The zero-order valence-corrected chi connectivity index (χ0v) is 8.09. The molecule has 72 valence electrons. The Morgan fingerprint density at radius 2 is 2.23 bits per heavy atom.